The predicted molar refractivity (Wildman–Crippen MR) is 66.8 cm³/mol. The zero-order valence-corrected chi connectivity index (χ0v) is 9.84. The Morgan fingerprint density at radius 3 is 2.20 bits per heavy atom. The lowest BCUT2D eigenvalue weighted by atomic mass is 9.83. The third kappa shape index (κ3) is 2.31. The quantitative estimate of drug-likeness (QED) is 0.661. The maximum atomic E-state index is 4.64. The van der Waals surface area contributed by atoms with E-state index >= 15 is 0 Å². The molecule has 0 bridgehead atoms. The molecule has 1 aliphatic rings. The molecule has 1 rings (SSSR count). The van der Waals surface area contributed by atoms with Crippen molar-refractivity contribution < 1.29 is 0 Å². The summed E-state index contributed by atoms with van der Waals surface area (Å²) in [6.45, 7) is 11.9. The Kier molecular flexibility index (Phi) is 4.13. The number of hydrogen-bond donors (Lipinski definition) is 1. The molecule has 0 aromatic rings. The Hall–Kier alpha value is -1.05. The Balaban J connectivity index is 2.88. The van der Waals surface area contributed by atoms with Crippen molar-refractivity contribution in [3.05, 3.63) is 31.4 Å². The molecule has 1 aliphatic heterocycles. The molecule has 0 spiro atoms. The van der Waals surface area contributed by atoms with E-state index in [4.69, 9.17) is 0 Å². The molecular weight excluding hydrogens is 184 g/mol. The van der Waals surface area contributed by atoms with Crippen molar-refractivity contribution in [1.29, 1.82) is 0 Å². The van der Waals surface area contributed by atoms with Gasteiger partial charge < -0.3 is 5.32 Å². The van der Waals surface area contributed by atoms with Gasteiger partial charge in [-0.05, 0) is 19.3 Å². The highest BCUT2D eigenvalue weighted by molar-refractivity contribution is 5.86. The van der Waals surface area contributed by atoms with Crippen LogP contribution in [-0.4, -0.2) is 11.4 Å². The van der Waals surface area contributed by atoms with Gasteiger partial charge in [-0.15, -0.1) is 13.2 Å². The van der Waals surface area contributed by atoms with E-state index in [-0.39, 0.29) is 5.54 Å². The monoisotopic (exact) mass is 205 g/mol. The van der Waals surface area contributed by atoms with Gasteiger partial charge in [0.2, 0.25) is 0 Å². The Labute approximate surface area is 93.2 Å². The van der Waals surface area contributed by atoms with Gasteiger partial charge in [-0.25, -0.2) is 0 Å². The summed E-state index contributed by atoms with van der Waals surface area (Å²) in [6, 6.07) is 1.24. The summed E-state index contributed by atoms with van der Waals surface area (Å²) in [5.41, 5.74) is -0.0381. The molecule has 0 saturated carbocycles. The lowest BCUT2D eigenvalue weighted by molar-refractivity contribution is 0.407. The predicted octanol–water partition coefficient (Wildman–Crippen LogP) is 3.23. The smallest absolute Gasteiger partial charge is 0.113 e. The lowest BCUT2D eigenvalue weighted by Gasteiger charge is -2.32. The van der Waals surface area contributed by atoms with E-state index in [0.717, 1.165) is 31.5 Å². The van der Waals surface area contributed by atoms with Crippen molar-refractivity contribution >= 4 is 5.84 Å². The molecule has 0 saturated heterocycles. The van der Waals surface area contributed by atoms with Crippen LogP contribution in [0.5, 0.6) is 0 Å². The van der Waals surface area contributed by atoms with E-state index in [1.807, 2.05) is 12.2 Å². The van der Waals surface area contributed by atoms with E-state index < -0.39 is 0 Å². The average Bonchev–Trinajstić information content (AvgIpc) is 2.57. The molecule has 1 N–H and O–H groups in total. The van der Waals surface area contributed by atoms with Crippen LogP contribution in [0.1, 0.15) is 39.5 Å². The Morgan fingerprint density at radius 1 is 1.20 bits per heavy atom. The van der Waals surface area contributed by atoms with Crippen molar-refractivity contribution in [3.8, 4) is 0 Å². The van der Waals surface area contributed by atoms with Gasteiger partial charge in [0.05, 0.1) is 11.4 Å². The van der Waals surface area contributed by atoms with Gasteiger partial charge in [0.1, 0.15) is 6.04 Å². The molecule has 0 aromatic carbocycles. The molecule has 0 atom stereocenters. The second-order valence-electron chi connectivity index (χ2n) is 3.91. The van der Waals surface area contributed by atoms with Crippen LogP contribution >= 0.6 is 0 Å². The fourth-order valence-electron chi connectivity index (χ4n) is 2.14. The van der Waals surface area contributed by atoms with Crippen LogP contribution in [0, 0.1) is 6.04 Å². The van der Waals surface area contributed by atoms with Crippen molar-refractivity contribution in [2.45, 2.75) is 45.1 Å². The maximum absolute atomic E-state index is 4.64. The van der Waals surface area contributed by atoms with E-state index in [1.165, 1.54) is 6.04 Å². The van der Waals surface area contributed by atoms with Crippen molar-refractivity contribution in [3.63, 3.8) is 0 Å². The molecule has 15 heavy (non-hydrogen) atoms. The first kappa shape index (κ1) is 12.0. The first-order chi connectivity index (χ1) is 7.22. The van der Waals surface area contributed by atoms with E-state index in [9.17, 15) is 0 Å². The maximum Gasteiger partial charge on any atom is 0.113 e. The van der Waals surface area contributed by atoms with Gasteiger partial charge in [0.25, 0.3) is 0 Å². The van der Waals surface area contributed by atoms with Crippen molar-refractivity contribution in [1.82, 2.24) is 5.32 Å². The number of rotatable bonds is 6. The first-order valence-corrected chi connectivity index (χ1v) is 5.66. The summed E-state index contributed by atoms with van der Waals surface area (Å²) >= 11 is 0. The summed E-state index contributed by atoms with van der Waals surface area (Å²) in [7, 11) is 0. The van der Waals surface area contributed by atoms with Gasteiger partial charge in [-0.3, -0.25) is 4.99 Å². The van der Waals surface area contributed by atoms with Crippen LogP contribution in [-0.2, 0) is 0 Å². The summed E-state index contributed by atoms with van der Waals surface area (Å²) in [6.07, 6.45) is 7.68. The summed E-state index contributed by atoms with van der Waals surface area (Å²) in [4.78, 5) is 4.64. The minimum atomic E-state index is -0.0381. The number of nitrogens with one attached hydrogen (secondary N) is 1. The van der Waals surface area contributed by atoms with Gasteiger partial charge in [0, 0.05) is 6.42 Å². The summed E-state index contributed by atoms with van der Waals surface area (Å²) < 4.78 is 0. The molecule has 1 radical (unpaired) electrons. The van der Waals surface area contributed by atoms with Crippen LogP contribution < -0.4 is 5.32 Å². The second kappa shape index (κ2) is 5.15. The molecule has 0 aliphatic carbocycles. The van der Waals surface area contributed by atoms with Gasteiger partial charge >= 0.3 is 0 Å². The first-order valence-electron chi connectivity index (χ1n) is 5.66. The zero-order chi connectivity index (χ0) is 11.3. The number of nitrogens with zero attached hydrogens (tertiary/aromatic N) is 1. The van der Waals surface area contributed by atoms with Gasteiger partial charge in [0.15, 0.2) is 0 Å². The molecule has 83 valence electrons. The van der Waals surface area contributed by atoms with Crippen molar-refractivity contribution in [2.24, 2.45) is 4.99 Å². The third-order valence-corrected chi connectivity index (χ3v) is 2.86. The van der Waals surface area contributed by atoms with E-state index in [0.29, 0.717) is 0 Å². The number of hydrogen-bond acceptors (Lipinski definition) is 2. The summed E-state index contributed by atoms with van der Waals surface area (Å²) in [5, 5.41) is 3.53. The minimum absolute atomic E-state index is 0.0381. The zero-order valence-electron chi connectivity index (χ0n) is 9.84. The van der Waals surface area contributed by atoms with Gasteiger partial charge in [-0.1, -0.05) is 26.0 Å². The van der Waals surface area contributed by atoms with Crippen LogP contribution in [0.15, 0.2) is 30.3 Å². The van der Waals surface area contributed by atoms with Crippen LogP contribution in [0.3, 0.4) is 0 Å². The fraction of sp³-hybridized carbons (Fsp3) is 0.538. The van der Waals surface area contributed by atoms with Crippen molar-refractivity contribution in [2.75, 3.05) is 0 Å². The standard InChI is InChI=1S/C13H21N2/c1-5-9-13(10-6-2)11(7-3)14-12(8-4)15-13/h5-6H,1-2,7-10H2,3-4H3,(H,14,15). The molecule has 0 fully saturated rings. The van der Waals surface area contributed by atoms with Crippen LogP contribution in [0.4, 0.5) is 0 Å². The Morgan fingerprint density at radius 2 is 1.80 bits per heavy atom. The largest absolute Gasteiger partial charge is 0.365 e. The molecule has 0 unspecified atom stereocenters. The number of aliphatic imine (C=N–C) groups is 1. The summed E-state index contributed by atoms with van der Waals surface area (Å²) in [5.74, 6) is 1.09. The Bertz CT molecular complexity index is 256. The molecule has 2 nitrogen and oxygen atoms in total. The van der Waals surface area contributed by atoms with E-state index in [1.54, 1.807) is 0 Å². The molecular formula is C13H21N2. The molecule has 2 heteroatoms. The molecule has 0 aromatic heterocycles. The normalized spacial score (nSPS) is 19.5. The van der Waals surface area contributed by atoms with E-state index in [2.05, 4.69) is 37.3 Å². The second-order valence-corrected chi connectivity index (χ2v) is 3.91. The highest BCUT2D eigenvalue weighted by Gasteiger charge is 2.41. The average molecular weight is 205 g/mol. The lowest BCUT2D eigenvalue weighted by Crippen LogP contribution is -2.46. The number of amidine groups is 1. The van der Waals surface area contributed by atoms with Crippen LogP contribution in [0.2, 0.25) is 0 Å². The SMILES string of the molecule is C=CCC1(CC=C)NC(CC)=N[C]1CC. The minimum Gasteiger partial charge on any atom is -0.365 e. The highest BCUT2D eigenvalue weighted by atomic mass is 15.2. The van der Waals surface area contributed by atoms with Gasteiger partial charge in [-0.2, -0.15) is 0 Å². The third-order valence-electron chi connectivity index (χ3n) is 2.86. The fourth-order valence-corrected chi connectivity index (χ4v) is 2.14. The molecule has 1 heterocycles. The highest BCUT2D eigenvalue weighted by Crippen LogP contribution is 2.36. The molecule has 0 amide bonds. The topological polar surface area (TPSA) is 24.4 Å². The van der Waals surface area contributed by atoms with Crippen LogP contribution in [0.25, 0.3) is 0 Å².